The van der Waals surface area contributed by atoms with Crippen molar-refractivity contribution in [3.05, 3.63) is 30.1 Å². The van der Waals surface area contributed by atoms with E-state index in [1.807, 2.05) is 31.1 Å². The minimum absolute atomic E-state index is 0.0995. The molecule has 2 N–H and O–H groups in total. The van der Waals surface area contributed by atoms with E-state index in [2.05, 4.69) is 4.98 Å². The Bertz CT molecular complexity index is 397. The summed E-state index contributed by atoms with van der Waals surface area (Å²) in [6.07, 6.45) is 3.48. The highest BCUT2D eigenvalue weighted by molar-refractivity contribution is 5.81. The largest absolute Gasteiger partial charge is 0.383 e. The predicted octanol–water partition coefficient (Wildman–Crippen LogP) is -0.0545. The van der Waals surface area contributed by atoms with Crippen molar-refractivity contribution < 1.29 is 9.53 Å². The molecule has 20 heavy (non-hydrogen) atoms. The van der Waals surface area contributed by atoms with Crippen LogP contribution >= 0.6 is 0 Å². The molecule has 112 valence electrons. The van der Waals surface area contributed by atoms with Crippen molar-refractivity contribution >= 4 is 5.91 Å². The summed E-state index contributed by atoms with van der Waals surface area (Å²) in [6.45, 7) is 2.14. The number of hydrogen-bond donors (Lipinski definition) is 1. The zero-order valence-corrected chi connectivity index (χ0v) is 12.5. The molecule has 1 aromatic heterocycles. The van der Waals surface area contributed by atoms with Gasteiger partial charge in [-0.2, -0.15) is 0 Å². The highest BCUT2D eigenvalue weighted by Crippen LogP contribution is 2.05. The van der Waals surface area contributed by atoms with Crippen molar-refractivity contribution in [2.75, 3.05) is 40.9 Å². The summed E-state index contributed by atoms with van der Waals surface area (Å²) in [5.74, 6) is -0.0995. The molecule has 0 bridgehead atoms. The van der Waals surface area contributed by atoms with E-state index in [0.29, 0.717) is 13.1 Å². The molecular weight excluding hydrogens is 256 g/mol. The normalized spacial score (nSPS) is 12.4. The third-order valence-electron chi connectivity index (χ3n) is 2.89. The molecule has 0 aliphatic heterocycles. The zero-order valence-electron chi connectivity index (χ0n) is 12.5. The number of nitrogens with two attached hydrogens (primary N) is 1. The first-order valence-electron chi connectivity index (χ1n) is 6.61. The molecule has 0 saturated heterocycles. The van der Waals surface area contributed by atoms with Gasteiger partial charge in [0.05, 0.1) is 6.61 Å². The lowest BCUT2D eigenvalue weighted by Crippen LogP contribution is -2.47. The number of methoxy groups -OCH3 is 1. The lowest BCUT2D eigenvalue weighted by molar-refractivity contribution is -0.134. The van der Waals surface area contributed by atoms with E-state index in [4.69, 9.17) is 10.5 Å². The molecule has 1 heterocycles. The SMILES string of the molecule is COCC(N)C(=O)N(CCN(C)C)Cc1cccnc1. The molecule has 0 fully saturated rings. The van der Waals surface area contributed by atoms with Gasteiger partial charge in [0.25, 0.3) is 0 Å². The smallest absolute Gasteiger partial charge is 0.242 e. The lowest BCUT2D eigenvalue weighted by atomic mass is 10.2. The first-order chi connectivity index (χ1) is 9.54. The molecule has 0 spiro atoms. The van der Waals surface area contributed by atoms with Crippen molar-refractivity contribution in [1.29, 1.82) is 0 Å². The number of pyridine rings is 1. The van der Waals surface area contributed by atoms with Gasteiger partial charge >= 0.3 is 0 Å². The average Bonchev–Trinajstić information content (AvgIpc) is 2.44. The Balaban J connectivity index is 2.71. The Hall–Kier alpha value is -1.50. The molecule has 0 aliphatic carbocycles. The van der Waals surface area contributed by atoms with Crippen LogP contribution in [0.5, 0.6) is 0 Å². The van der Waals surface area contributed by atoms with Crippen LogP contribution in [-0.4, -0.2) is 67.6 Å². The van der Waals surface area contributed by atoms with Crippen molar-refractivity contribution in [2.45, 2.75) is 12.6 Å². The molecule has 0 aromatic carbocycles. The van der Waals surface area contributed by atoms with Crippen LogP contribution in [-0.2, 0) is 16.1 Å². The highest BCUT2D eigenvalue weighted by atomic mass is 16.5. The van der Waals surface area contributed by atoms with E-state index in [-0.39, 0.29) is 12.5 Å². The van der Waals surface area contributed by atoms with Gasteiger partial charge in [-0.1, -0.05) is 6.07 Å². The van der Waals surface area contributed by atoms with Gasteiger partial charge in [0.2, 0.25) is 5.91 Å². The van der Waals surface area contributed by atoms with Crippen LogP contribution in [0.15, 0.2) is 24.5 Å². The van der Waals surface area contributed by atoms with Crippen LogP contribution in [0.25, 0.3) is 0 Å². The number of likely N-dealkylation sites (N-methyl/N-ethyl adjacent to an activating group) is 1. The standard InChI is InChI=1S/C14H24N4O2/c1-17(2)7-8-18(14(19)13(15)11-20-3)10-12-5-4-6-16-9-12/h4-6,9,13H,7-8,10-11,15H2,1-3H3. The Labute approximate surface area is 120 Å². The van der Waals surface area contributed by atoms with E-state index in [1.165, 1.54) is 0 Å². The van der Waals surface area contributed by atoms with Crippen LogP contribution in [0.3, 0.4) is 0 Å². The van der Waals surface area contributed by atoms with Crippen LogP contribution in [0.4, 0.5) is 0 Å². The van der Waals surface area contributed by atoms with Gasteiger partial charge < -0.3 is 20.3 Å². The Kier molecular flexibility index (Phi) is 7.14. The fourth-order valence-electron chi connectivity index (χ4n) is 1.79. The maximum absolute atomic E-state index is 12.3. The zero-order chi connectivity index (χ0) is 15.0. The van der Waals surface area contributed by atoms with Gasteiger partial charge in [-0.05, 0) is 25.7 Å². The van der Waals surface area contributed by atoms with Crippen molar-refractivity contribution in [3.63, 3.8) is 0 Å². The number of hydrogen-bond acceptors (Lipinski definition) is 5. The summed E-state index contributed by atoms with van der Waals surface area (Å²) in [5.41, 5.74) is 6.83. The topological polar surface area (TPSA) is 71.7 Å². The quantitative estimate of drug-likeness (QED) is 0.722. The van der Waals surface area contributed by atoms with Gasteiger partial charge in [-0.25, -0.2) is 0 Å². The Morgan fingerprint density at radius 2 is 2.20 bits per heavy atom. The van der Waals surface area contributed by atoms with Gasteiger partial charge in [0.1, 0.15) is 6.04 Å². The monoisotopic (exact) mass is 280 g/mol. The van der Waals surface area contributed by atoms with E-state index in [1.54, 1.807) is 24.4 Å². The molecule has 1 atom stereocenters. The molecular formula is C14H24N4O2. The summed E-state index contributed by atoms with van der Waals surface area (Å²) >= 11 is 0. The number of nitrogens with zero attached hydrogens (tertiary/aromatic N) is 3. The van der Waals surface area contributed by atoms with Gasteiger partial charge in [-0.3, -0.25) is 9.78 Å². The molecule has 0 radical (unpaired) electrons. The molecule has 6 heteroatoms. The maximum Gasteiger partial charge on any atom is 0.242 e. The molecule has 1 rings (SSSR count). The first-order valence-corrected chi connectivity index (χ1v) is 6.61. The number of aromatic nitrogens is 1. The van der Waals surface area contributed by atoms with Gasteiger partial charge in [0, 0.05) is 39.1 Å². The summed E-state index contributed by atoms with van der Waals surface area (Å²) < 4.78 is 4.96. The van der Waals surface area contributed by atoms with E-state index >= 15 is 0 Å². The molecule has 1 unspecified atom stereocenters. The number of rotatable bonds is 8. The molecule has 1 aromatic rings. The highest BCUT2D eigenvalue weighted by Gasteiger charge is 2.21. The van der Waals surface area contributed by atoms with Crippen LogP contribution in [0, 0.1) is 0 Å². The average molecular weight is 280 g/mol. The minimum Gasteiger partial charge on any atom is -0.383 e. The predicted molar refractivity (Wildman–Crippen MR) is 78.1 cm³/mol. The Morgan fingerprint density at radius 3 is 2.75 bits per heavy atom. The van der Waals surface area contributed by atoms with Crippen molar-refractivity contribution in [1.82, 2.24) is 14.8 Å². The molecule has 1 amide bonds. The number of amides is 1. The van der Waals surface area contributed by atoms with Gasteiger partial charge in [-0.15, -0.1) is 0 Å². The minimum atomic E-state index is -0.626. The van der Waals surface area contributed by atoms with Gasteiger partial charge in [0.15, 0.2) is 0 Å². The summed E-state index contributed by atoms with van der Waals surface area (Å²) in [5, 5.41) is 0. The second kappa shape index (κ2) is 8.63. The third-order valence-corrected chi connectivity index (χ3v) is 2.89. The van der Waals surface area contributed by atoms with Crippen molar-refractivity contribution in [2.24, 2.45) is 5.73 Å². The van der Waals surface area contributed by atoms with E-state index in [0.717, 1.165) is 12.1 Å². The van der Waals surface area contributed by atoms with Crippen LogP contribution in [0.1, 0.15) is 5.56 Å². The second-order valence-corrected chi connectivity index (χ2v) is 4.99. The molecule has 6 nitrogen and oxygen atoms in total. The number of carbonyl (C=O) groups is 1. The fraction of sp³-hybridized carbons (Fsp3) is 0.571. The number of ether oxygens (including phenoxy) is 1. The van der Waals surface area contributed by atoms with Crippen molar-refractivity contribution in [3.8, 4) is 0 Å². The molecule has 0 saturated carbocycles. The van der Waals surface area contributed by atoms with E-state index in [9.17, 15) is 4.79 Å². The molecule has 0 aliphatic rings. The first kappa shape index (κ1) is 16.6. The van der Waals surface area contributed by atoms with Crippen LogP contribution in [0.2, 0.25) is 0 Å². The summed E-state index contributed by atoms with van der Waals surface area (Å²) in [4.78, 5) is 20.2. The summed E-state index contributed by atoms with van der Waals surface area (Å²) in [7, 11) is 5.49. The Morgan fingerprint density at radius 1 is 1.45 bits per heavy atom. The van der Waals surface area contributed by atoms with Crippen LogP contribution < -0.4 is 5.73 Å². The summed E-state index contributed by atoms with van der Waals surface area (Å²) in [6, 6.07) is 3.18. The third kappa shape index (κ3) is 5.64. The van der Waals surface area contributed by atoms with E-state index < -0.39 is 6.04 Å². The fourth-order valence-corrected chi connectivity index (χ4v) is 1.79. The maximum atomic E-state index is 12.3. The lowest BCUT2D eigenvalue weighted by Gasteiger charge is -2.27. The number of carbonyl (C=O) groups excluding carboxylic acids is 1. The second-order valence-electron chi connectivity index (χ2n) is 4.99.